The summed E-state index contributed by atoms with van der Waals surface area (Å²) in [7, 11) is 0. The maximum Gasteiger partial charge on any atom is 0.0614 e. The van der Waals surface area contributed by atoms with E-state index in [4.69, 9.17) is 5.11 Å². The first-order valence-corrected chi connectivity index (χ1v) is 8.21. The molecule has 0 heterocycles. The van der Waals surface area contributed by atoms with E-state index in [9.17, 15) is 0 Å². The quantitative estimate of drug-likeness (QED) is 0.783. The number of aliphatic hydroxyl groups excluding tert-OH is 1. The molecule has 0 aliphatic heterocycles. The van der Waals surface area contributed by atoms with E-state index >= 15 is 0 Å². The van der Waals surface area contributed by atoms with E-state index in [2.05, 4.69) is 46.8 Å². The Kier molecular flexibility index (Phi) is 4.93. The molecular formula is C20H30O. The van der Waals surface area contributed by atoms with Crippen LogP contribution in [0.3, 0.4) is 0 Å². The Bertz CT molecular complexity index is 537. The van der Waals surface area contributed by atoms with E-state index in [0.717, 1.165) is 12.3 Å². The summed E-state index contributed by atoms with van der Waals surface area (Å²) in [4.78, 5) is 0. The second kappa shape index (κ2) is 6.36. The summed E-state index contributed by atoms with van der Waals surface area (Å²) in [6, 6.07) is 4.63. The summed E-state index contributed by atoms with van der Waals surface area (Å²) in [5, 5.41) is 8.98. The third kappa shape index (κ3) is 3.58. The van der Waals surface area contributed by atoms with Gasteiger partial charge in [0.15, 0.2) is 0 Å². The number of hydrogen-bond acceptors (Lipinski definition) is 1. The highest BCUT2D eigenvalue weighted by molar-refractivity contribution is 5.45. The van der Waals surface area contributed by atoms with Crippen molar-refractivity contribution < 1.29 is 5.11 Å². The molecule has 116 valence electrons. The minimum atomic E-state index is 0.170. The van der Waals surface area contributed by atoms with Crippen LogP contribution in [0, 0.1) is 19.8 Å². The van der Waals surface area contributed by atoms with Crippen molar-refractivity contribution in [2.45, 2.75) is 65.7 Å². The van der Waals surface area contributed by atoms with E-state index in [1.54, 1.807) is 11.1 Å². The molecule has 21 heavy (non-hydrogen) atoms. The molecule has 1 unspecified atom stereocenters. The molecule has 0 amide bonds. The lowest BCUT2D eigenvalue weighted by Gasteiger charge is -2.39. The van der Waals surface area contributed by atoms with Gasteiger partial charge in [0, 0.05) is 0 Å². The summed E-state index contributed by atoms with van der Waals surface area (Å²) < 4.78 is 0. The second-order valence-electron chi connectivity index (χ2n) is 7.46. The molecular weight excluding hydrogens is 256 g/mol. The molecule has 1 nitrogen and oxygen atoms in total. The first-order chi connectivity index (χ1) is 9.85. The maximum absolute atomic E-state index is 8.98. The van der Waals surface area contributed by atoms with Gasteiger partial charge in [-0.2, -0.15) is 0 Å². The third-order valence-electron chi connectivity index (χ3n) is 5.28. The van der Waals surface area contributed by atoms with E-state index in [1.807, 2.05) is 6.08 Å². The Balaban J connectivity index is 2.20. The molecule has 0 saturated carbocycles. The second-order valence-corrected chi connectivity index (χ2v) is 7.46. The minimum absolute atomic E-state index is 0.170. The predicted molar refractivity (Wildman–Crippen MR) is 90.8 cm³/mol. The van der Waals surface area contributed by atoms with Crippen LogP contribution in [0.2, 0.25) is 0 Å². The molecule has 1 aliphatic rings. The van der Waals surface area contributed by atoms with Crippen molar-refractivity contribution in [1.82, 2.24) is 0 Å². The smallest absolute Gasteiger partial charge is 0.0614 e. The number of hydrogen-bond donors (Lipinski definition) is 1. The molecule has 1 atom stereocenters. The molecule has 1 N–H and O–H groups in total. The van der Waals surface area contributed by atoms with Crippen molar-refractivity contribution in [3.63, 3.8) is 0 Å². The van der Waals surface area contributed by atoms with Crippen LogP contribution < -0.4 is 0 Å². The normalized spacial score (nSPS) is 21.2. The molecule has 2 rings (SSSR count). The zero-order valence-electron chi connectivity index (χ0n) is 14.3. The third-order valence-corrected chi connectivity index (χ3v) is 5.28. The van der Waals surface area contributed by atoms with Gasteiger partial charge in [-0.1, -0.05) is 37.6 Å². The van der Waals surface area contributed by atoms with Crippen LogP contribution in [-0.4, -0.2) is 11.7 Å². The van der Waals surface area contributed by atoms with Crippen molar-refractivity contribution in [3.05, 3.63) is 46.0 Å². The first kappa shape index (κ1) is 16.3. The van der Waals surface area contributed by atoms with Crippen LogP contribution in [0.5, 0.6) is 0 Å². The van der Waals surface area contributed by atoms with E-state index in [0.29, 0.717) is 0 Å². The molecule has 0 radical (unpaired) electrons. The Morgan fingerprint density at radius 1 is 1.33 bits per heavy atom. The standard InChI is InChI=1S/C20H30O/c1-14(10-11-21)6-8-17-12-18-16(3)15(2)7-9-19(18)20(4,5)13-17/h7,9-10,17,21H,6,8,11-13H2,1-5H3/b14-10+. The summed E-state index contributed by atoms with van der Waals surface area (Å²) in [5.41, 5.74) is 7.67. The van der Waals surface area contributed by atoms with Crippen molar-refractivity contribution in [2.75, 3.05) is 6.61 Å². The summed E-state index contributed by atoms with van der Waals surface area (Å²) in [6.45, 7) is 11.6. The van der Waals surface area contributed by atoms with Gasteiger partial charge in [0.2, 0.25) is 0 Å². The predicted octanol–water partition coefficient (Wildman–Crippen LogP) is 4.86. The van der Waals surface area contributed by atoms with E-state index < -0.39 is 0 Å². The molecule has 1 aromatic carbocycles. The SMILES string of the molecule is C/C(=C\CO)CCC1Cc2c(ccc(C)c2C)C(C)(C)C1. The average Bonchev–Trinajstić information content (AvgIpc) is 2.40. The monoisotopic (exact) mass is 286 g/mol. The molecule has 1 heteroatoms. The number of rotatable bonds is 4. The van der Waals surface area contributed by atoms with Gasteiger partial charge in [0.05, 0.1) is 6.61 Å². The zero-order chi connectivity index (χ0) is 15.6. The van der Waals surface area contributed by atoms with Gasteiger partial charge in [-0.25, -0.2) is 0 Å². The number of benzene rings is 1. The Morgan fingerprint density at radius 2 is 2.05 bits per heavy atom. The highest BCUT2D eigenvalue weighted by atomic mass is 16.2. The lowest BCUT2D eigenvalue weighted by Crippen LogP contribution is -2.30. The van der Waals surface area contributed by atoms with Gasteiger partial charge in [0.25, 0.3) is 0 Å². The van der Waals surface area contributed by atoms with Crippen LogP contribution in [0.15, 0.2) is 23.8 Å². The summed E-state index contributed by atoms with van der Waals surface area (Å²) in [5.74, 6) is 0.759. The Morgan fingerprint density at radius 3 is 2.71 bits per heavy atom. The Labute approximate surface area is 130 Å². The van der Waals surface area contributed by atoms with Crippen molar-refractivity contribution in [2.24, 2.45) is 5.92 Å². The van der Waals surface area contributed by atoms with E-state index in [-0.39, 0.29) is 12.0 Å². The highest BCUT2D eigenvalue weighted by Crippen LogP contribution is 2.42. The van der Waals surface area contributed by atoms with Crippen molar-refractivity contribution in [1.29, 1.82) is 0 Å². The van der Waals surface area contributed by atoms with Crippen LogP contribution >= 0.6 is 0 Å². The van der Waals surface area contributed by atoms with Crippen LogP contribution in [0.4, 0.5) is 0 Å². The minimum Gasteiger partial charge on any atom is -0.392 e. The first-order valence-electron chi connectivity index (χ1n) is 8.21. The summed E-state index contributed by atoms with van der Waals surface area (Å²) >= 11 is 0. The fraction of sp³-hybridized carbons (Fsp3) is 0.600. The molecule has 0 bridgehead atoms. The van der Waals surface area contributed by atoms with Gasteiger partial charge >= 0.3 is 0 Å². The fourth-order valence-electron chi connectivity index (χ4n) is 3.86. The lowest BCUT2D eigenvalue weighted by atomic mass is 9.66. The topological polar surface area (TPSA) is 20.2 Å². The number of aliphatic hydroxyl groups is 1. The Hall–Kier alpha value is -1.08. The molecule has 1 aliphatic carbocycles. The van der Waals surface area contributed by atoms with Gasteiger partial charge in [-0.3, -0.25) is 0 Å². The highest BCUT2D eigenvalue weighted by Gasteiger charge is 2.33. The number of allylic oxidation sites excluding steroid dienone is 1. The zero-order valence-corrected chi connectivity index (χ0v) is 14.3. The van der Waals surface area contributed by atoms with Gasteiger partial charge < -0.3 is 5.11 Å². The lowest BCUT2D eigenvalue weighted by molar-refractivity contribution is 0.311. The van der Waals surface area contributed by atoms with Crippen LogP contribution in [0.25, 0.3) is 0 Å². The molecule has 1 aromatic rings. The van der Waals surface area contributed by atoms with Gasteiger partial charge in [0.1, 0.15) is 0 Å². The largest absolute Gasteiger partial charge is 0.392 e. The molecule has 0 spiro atoms. The number of fused-ring (bicyclic) bond motifs is 1. The average molecular weight is 286 g/mol. The van der Waals surface area contributed by atoms with Gasteiger partial charge in [-0.15, -0.1) is 0 Å². The van der Waals surface area contributed by atoms with Crippen molar-refractivity contribution in [3.8, 4) is 0 Å². The summed E-state index contributed by atoms with van der Waals surface area (Å²) in [6.07, 6.45) is 6.78. The van der Waals surface area contributed by atoms with Crippen molar-refractivity contribution >= 4 is 0 Å². The van der Waals surface area contributed by atoms with Crippen LogP contribution in [-0.2, 0) is 11.8 Å². The fourth-order valence-corrected chi connectivity index (χ4v) is 3.86. The number of aryl methyl sites for hydroxylation is 1. The molecule has 0 fully saturated rings. The van der Waals surface area contributed by atoms with Gasteiger partial charge in [-0.05, 0) is 80.0 Å². The molecule has 0 aromatic heterocycles. The van der Waals surface area contributed by atoms with E-state index in [1.165, 1.54) is 36.0 Å². The van der Waals surface area contributed by atoms with Crippen LogP contribution in [0.1, 0.15) is 62.3 Å². The molecule has 0 saturated heterocycles. The maximum atomic E-state index is 8.98.